The number of unbranched alkanes of at least 4 members (excludes halogenated alkanes) is 1. The molecule has 1 aliphatic heterocycles. The highest BCUT2D eigenvalue weighted by atomic mass is 127. The van der Waals surface area contributed by atoms with E-state index in [1.165, 1.54) is 11.1 Å². The molecule has 7 nitrogen and oxygen atoms in total. The second-order valence-corrected chi connectivity index (χ2v) is 6.38. The molecule has 0 amide bonds. The number of nitrogens with zero attached hydrogens (tertiary/aromatic N) is 4. The fraction of sp³-hybridized carbons (Fsp3) is 0.526. The van der Waals surface area contributed by atoms with Crippen molar-refractivity contribution in [1.82, 2.24) is 25.4 Å². The number of benzene rings is 1. The van der Waals surface area contributed by atoms with E-state index in [9.17, 15) is 0 Å². The van der Waals surface area contributed by atoms with E-state index in [0.717, 1.165) is 70.2 Å². The molecule has 0 saturated carbocycles. The largest absolute Gasteiger partial charge is 0.493 e. The lowest BCUT2D eigenvalue weighted by Crippen LogP contribution is -2.38. The van der Waals surface area contributed by atoms with Gasteiger partial charge in [-0.2, -0.15) is 0 Å². The van der Waals surface area contributed by atoms with Crippen LogP contribution in [0.15, 0.2) is 35.8 Å². The Morgan fingerprint density at radius 1 is 1.22 bits per heavy atom. The van der Waals surface area contributed by atoms with Gasteiger partial charge in [0.25, 0.3) is 0 Å². The molecular formula is C19H29IN6O. The molecule has 0 aliphatic carbocycles. The SMILES string of the molecule is CCNC(=NCCCCn1cnnc1)NCCc1ccc2c(c1)CCO2.I. The summed E-state index contributed by atoms with van der Waals surface area (Å²) in [5.41, 5.74) is 2.67. The van der Waals surface area contributed by atoms with Gasteiger partial charge >= 0.3 is 0 Å². The number of ether oxygens (including phenoxy) is 1. The van der Waals surface area contributed by atoms with Crippen molar-refractivity contribution in [2.45, 2.75) is 39.2 Å². The summed E-state index contributed by atoms with van der Waals surface area (Å²) in [7, 11) is 0. The van der Waals surface area contributed by atoms with Crippen molar-refractivity contribution in [2.24, 2.45) is 4.99 Å². The van der Waals surface area contributed by atoms with Gasteiger partial charge in [0.05, 0.1) is 6.61 Å². The van der Waals surface area contributed by atoms with Crippen LogP contribution in [0.3, 0.4) is 0 Å². The predicted molar refractivity (Wildman–Crippen MR) is 118 cm³/mol. The molecule has 0 unspecified atom stereocenters. The van der Waals surface area contributed by atoms with Crippen LogP contribution in [0.25, 0.3) is 0 Å². The van der Waals surface area contributed by atoms with E-state index >= 15 is 0 Å². The highest BCUT2D eigenvalue weighted by Gasteiger charge is 2.11. The van der Waals surface area contributed by atoms with Crippen LogP contribution in [0.2, 0.25) is 0 Å². The number of aryl methyl sites for hydroxylation is 1. The first-order chi connectivity index (χ1) is 12.8. The van der Waals surface area contributed by atoms with Crippen LogP contribution in [0, 0.1) is 0 Å². The fourth-order valence-electron chi connectivity index (χ4n) is 3.00. The number of hydrogen-bond donors (Lipinski definition) is 2. The Morgan fingerprint density at radius 3 is 2.89 bits per heavy atom. The molecule has 0 fully saturated rings. The summed E-state index contributed by atoms with van der Waals surface area (Å²) < 4.78 is 7.56. The molecule has 2 aromatic rings. The third-order valence-corrected chi connectivity index (χ3v) is 4.37. The van der Waals surface area contributed by atoms with E-state index in [0.29, 0.717) is 0 Å². The molecule has 8 heteroatoms. The standard InChI is InChI=1S/C19H28N6O.HI/c1-2-20-19(21-9-3-4-11-25-14-23-24-15-25)22-10-7-16-5-6-18-17(13-16)8-12-26-18;/h5-6,13-15H,2-4,7-12H2,1H3,(H2,20,21,22);1H. The fourth-order valence-corrected chi connectivity index (χ4v) is 3.00. The Kier molecular flexibility index (Phi) is 9.37. The van der Waals surface area contributed by atoms with Crippen LogP contribution in [0.5, 0.6) is 5.75 Å². The zero-order chi connectivity index (χ0) is 18.0. The zero-order valence-electron chi connectivity index (χ0n) is 15.9. The molecule has 3 rings (SSSR count). The Bertz CT molecular complexity index is 704. The van der Waals surface area contributed by atoms with Crippen LogP contribution in [-0.4, -0.2) is 47.0 Å². The normalized spacial score (nSPS) is 12.9. The monoisotopic (exact) mass is 484 g/mol. The van der Waals surface area contributed by atoms with E-state index in [4.69, 9.17) is 4.74 Å². The van der Waals surface area contributed by atoms with E-state index in [-0.39, 0.29) is 24.0 Å². The van der Waals surface area contributed by atoms with Crippen molar-refractivity contribution in [3.63, 3.8) is 0 Å². The van der Waals surface area contributed by atoms with Crippen molar-refractivity contribution >= 4 is 29.9 Å². The number of halogens is 1. The quantitative estimate of drug-likeness (QED) is 0.248. The van der Waals surface area contributed by atoms with Gasteiger partial charge in [0.2, 0.25) is 0 Å². The van der Waals surface area contributed by atoms with E-state index < -0.39 is 0 Å². The van der Waals surface area contributed by atoms with Crippen LogP contribution in [0.1, 0.15) is 30.9 Å². The van der Waals surface area contributed by atoms with Crippen LogP contribution < -0.4 is 15.4 Å². The lowest BCUT2D eigenvalue weighted by Gasteiger charge is -2.11. The molecule has 0 saturated heterocycles. The van der Waals surface area contributed by atoms with Crippen LogP contribution in [0.4, 0.5) is 0 Å². The van der Waals surface area contributed by atoms with Gasteiger partial charge in [-0.1, -0.05) is 12.1 Å². The van der Waals surface area contributed by atoms with E-state index in [2.05, 4.69) is 50.9 Å². The number of rotatable bonds is 9. The highest BCUT2D eigenvalue weighted by Crippen LogP contribution is 2.25. The van der Waals surface area contributed by atoms with Crippen molar-refractivity contribution in [2.75, 3.05) is 26.2 Å². The number of nitrogens with one attached hydrogen (secondary N) is 2. The second-order valence-electron chi connectivity index (χ2n) is 6.38. The third-order valence-electron chi connectivity index (χ3n) is 4.37. The molecular weight excluding hydrogens is 455 g/mol. The maximum absolute atomic E-state index is 5.56. The maximum Gasteiger partial charge on any atom is 0.191 e. The first-order valence-corrected chi connectivity index (χ1v) is 9.44. The van der Waals surface area contributed by atoms with Gasteiger partial charge in [0.1, 0.15) is 18.4 Å². The molecule has 1 aromatic carbocycles. The smallest absolute Gasteiger partial charge is 0.191 e. The predicted octanol–water partition coefficient (Wildman–Crippen LogP) is 2.41. The maximum atomic E-state index is 5.56. The Morgan fingerprint density at radius 2 is 2.07 bits per heavy atom. The van der Waals surface area contributed by atoms with Crippen LogP contribution >= 0.6 is 24.0 Å². The minimum absolute atomic E-state index is 0. The van der Waals surface area contributed by atoms with Gasteiger partial charge in [0.15, 0.2) is 5.96 Å². The molecule has 1 aliphatic rings. The number of fused-ring (bicyclic) bond motifs is 1. The molecule has 0 bridgehead atoms. The summed E-state index contributed by atoms with van der Waals surface area (Å²) in [6.07, 6.45) is 7.61. The summed E-state index contributed by atoms with van der Waals surface area (Å²) >= 11 is 0. The molecule has 0 atom stereocenters. The number of hydrogen-bond acceptors (Lipinski definition) is 4. The summed E-state index contributed by atoms with van der Waals surface area (Å²) in [6, 6.07) is 6.51. The number of aromatic nitrogens is 3. The lowest BCUT2D eigenvalue weighted by molar-refractivity contribution is 0.357. The molecule has 2 N–H and O–H groups in total. The Labute approximate surface area is 178 Å². The molecule has 0 radical (unpaired) electrons. The Balaban J connectivity index is 0.00000261. The average Bonchev–Trinajstić information content (AvgIpc) is 3.32. The third kappa shape index (κ3) is 7.00. The van der Waals surface area contributed by atoms with E-state index in [1.807, 2.05) is 4.57 Å². The van der Waals surface area contributed by atoms with Crippen molar-refractivity contribution < 1.29 is 4.74 Å². The number of guanidine groups is 1. The number of aliphatic imine (C=N–C) groups is 1. The second kappa shape index (κ2) is 11.8. The minimum atomic E-state index is 0. The molecule has 1 aromatic heterocycles. The molecule has 27 heavy (non-hydrogen) atoms. The van der Waals surface area contributed by atoms with Crippen molar-refractivity contribution in [1.29, 1.82) is 0 Å². The van der Waals surface area contributed by atoms with Gasteiger partial charge in [-0.15, -0.1) is 34.2 Å². The van der Waals surface area contributed by atoms with Gasteiger partial charge in [0, 0.05) is 32.6 Å². The zero-order valence-corrected chi connectivity index (χ0v) is 18.2. The highest BCUT2D eigenvalue weighted by molar-refractivity contribution is 14.0. The summed E-state index contributed by atoms with van der Waals surface area (Å²) in [5.74, 6) is 1.93. The summed E-state index contributed by atoms with van der Waals surface area (Å²) in [6.45, 7) is 6.38. The molecule has 2 heterocycles. The van der Waals surface area contributed by atoms with Gasteiger partial charge in [-0.05, 0) is 43.4 Å². The summed E-state index contributed by atoms with van der Waals surface area (Å²) in [4.78, 5) is 4.66. The topological polar surface area (TPSA) is 76.4 Å². The van der Waals surface area contributed by atoms with Gasteiger partial charge in [-0.3, -0.25) is 4.99 Å². The first-order valence-electron chi connectivity index (χ1n) is 9.44. The van der Waals surface area contributed by atoms with Crippen molar-refractivity contribution in [3.05, 3.63) is 42.0 Å². The van der Waals surface area contributed by atoms with Gasteiger partial charge < -0.3 is 19.9 Å². The van der Waals surface area contributed by atoms with E-state index in [1.54, 1.807) is 12.7 Å². The van der Waals surface area contributed by atoms with Gasteiger partial charge in [-0.25, -0.2) is 0 Å². The minimum Gasteiger partial charge on any atom is -0.493 e. The molecule has 0 spiro atoms. The lowest BCUT2D eigenvalue weighted by atomic mass is 10.1. The summed E-state index contributed by atoms with van der Waals surface area (Å²) in [5, 5.41) is 14.4. The average molecular weight is 484 g/mol. The molecule has 148 valence electrons. The Hall–Kier alpha value is -1.84. The first kappa shape index (κ1) is 21.5. The van der Waals surface area contributed by atoms with Crippen molar-refractivity contribution in [3.8, 4) is 5.75 Å². The van der Waals surface area contributed by atoms with Crippen LogP contribution in [-0.2, 0) is 19.4 Å².